The first-order valence-electron chi connectivity index (χ1n) is 10.4. The third-order valence-corrected chi connectivity index (χ3v) is 5.77. The van der Waals surface area contributed by atoms with Crippen LogP contribution in [0.4, 0.5) is 14.9 Å². The number of aromatic nitrogens is 1. The second kappa shape index (κ2) is 7.87. The highest BCUT2D eigenvalue weighted by molar-refractivity contribution is 5.90. The number of nitrogens with zero attached hydrogens (tertiary/aromatic N) is 2. The Bertz CT molecular complexity index is 1270. The second-order valence-electron chi connectivity index (χ2n) is 7.81. The van der Waals surface area contributed by atoms with Gasteiger partial charge in [-0.25, -0.2) is 14.2 Å². The molecule has 2 heterocycles. The van der Waals surface area contributed by atoms with E-state index in [1.54, 1.807) is 29.2 Å². The van der Waals surface area contributed by atoms with E-state index in [1.807, 2.05) is 43.3 Å². The van der Waals surface area contributed by atoms with Crippen LogP contribution in [-0.4, -0.2) is 22.5 Å². The highest BCUT2D eigenvalue weighted by Gasteiger charge is 2.33. The lowest BCUT2D eigenvalue weighted by Gasteiger charge is -2.23. The number of halogens is 1. The monoisotopic (exact) mass is 415 g/mol. The normalized spacial score (nSPS) is 16.1. The number of hydrogen-bond acceptors (Lipinski definition) is 3. The number of likely N-dealkylation sites (tertiary alicyclic amines) is 1. The van der Waals surface area contributed by atoms with E-state index in [-0.39, 0.29) is 17.9 Å². The first-order valence-corrected chi connectivity index (χ1v) is 10.4. The van der Waals surface area contributed by atoms with E-state index in [1.165, 1.54) is 6.07 Å². The number of amides is 2. The van der Waals surface area contributed by atoms with Gasteiger partial charge in [-0.1, -0.05) is 42.5 Å². The van der Waals surface area contributed by atoms with E-state index in [9.17, 15) is 9.18 Å². The van der Waals surface area contributed by atoms with Gasteiger partial charge in [0.2, 0.25) is 5.89 Å². The molecule has 6 heteroatoms. The van der Waals surface area contributed by atoms with Crippen LogP contribution in [0, 0.1) is 12.7 Å². The molecule has 1 N–H and O–H groups in total. The molecule has 1 aromatic heterocycles. The van der Waals surface area contributed by atoms with Crippen molar-refractivity contribution in [2.24, 2.45) is 0 Å². The van der Waals surface area contributed by atoms with Gasteiger partial charge in [-0.3, -0.25) is 0 Å². The molecule has 0 radical (unpaired) electrons. The molecule has 0 saturated carbocycles. The van der Waals surface area contributed by atoms with E-state index < -0.39 is 0 Å². The highest BCUT2D eigenvalue weighted by atomic mass is 19.1. The number of benzene rings is 3. The zero-order chi connectivity index (χ0) is 21.4. The maximum atomic E-state index is 14.2. The number of para-hydroxylation sites is 1. The van der Waals surface area contributed by atoms with Crippen molar-refractivity contribution in [3.63, 3.8) is 0 Å². The van der Waals surface area contributed by atoms with Crippen molar-refractivity contribution < 1.29 is 13.6 Å². The average molecular weight is 415 g/mol. The van der Waals surface area contributed by atoms with Gasteiger partial charge in [-0.05, 0) is 55.2 Å². The van der Waals surface area contributed by atoms with Crippen LogP contribution in [0.15, 0.2) is 71.1 Å². The predicted octanol–water partition coefficient (Wildman–Crippen LogP) is 6.31. The summed E-state index contributed by atoms with van der Waals surface area (Å²) in [5.41, 5.74) is 4.35. The van der Waals surface area contributed by atoms with Crippen molar-refractivity contribution in [2.75, 3.05) is 11.9 Å². The van der Waals surface area contributed by atoms with Gasteiger partial charge in [-0.15, -0.1) is 0 Å². The molecule has 156 valence electrons. The van der Waals surface area contributed by atoms with E-state index in [0.717, 1.165) is 29.7 Å². The van der Waals surface area contributed by atoms with Gasteiger partial charge < -0.3 is 14.6 Å². The van der Waals surface area contributed by atoms with Crippen LogP contribution in [0.25, 0.3) is 22.2 Å². The van der Waals surface area contributed by atoms with E-state index in [0.29, 0.717) is 29.1 Å². The molecule has 1 saturated heterocycles. The van der Waals surface area contributed by atoms with Crippen molar-refractivity contribution >= 4 is 22.8 Å². The Balaban J connectivity index is 1.42. The Labute approximate surface area is 179 Å². The molecule has 1 aliphatic rings. The summed E-state index contributed by atoms with van der Waals surface area (Å²) in [7, 11) is 0. The van der Waals surface area contributed by atoms with Gasteiger partial charge in [0.1, 0.15) is 17.4 Å². The summed E-state index contributed by atoms with van der Waals surface area (Å²) in [6.07, 6.45) is 1.67. The fourth-order valence-corrected chi connectivity index (χ4v) is 4.12. The number of hydrogen-bond donors (Lipinski definition) is 1. The summed E-state index contributed by atoms with van der Waals surface area (Å²) in [6, 6.07) is 19.4. The second-order valence-corrected chi connectivity index (χ2v) is 7.81. The largest absolute Gasteiger partial charge is 0.438 e. The standard InChI is InChI=1S/C25H22FN3O2/c1-16-7-2-5-10-20(16)28-25(30)29-14-6-11-22(29)24-27-21-15-17(12-13-23(21)31-24)18-8-3-4-9-19(18)26/h2-5,7-10,12-13,15,22H,6,11,14H2,1H3,(H,28,30). The fourth-order valence-electron chi connectivity index (χ4n) is 4.12. The number of nitrogens with one attached hydrogen (secondary N) is 1. The van der Waals surface area contributed by atoms with Crippen molar-refractivity contribution in [1.29, 1.82) is 0 Å². The van der Waals surface area contributed by atoms with Crippen LogP contribution in [0.5, 0.6) is 0 Å². The molecule has 3 aromatic carbocycles. The maximum absolute atomic E-state index is 14.2. The van der Waals surface area contributed by atoms with Crippen molar-refractivity contribution in [1.82, 2.24) is 9.88 Å². The molecule has 0 aliphatic carbocycles. The predicted molar refractivity (Wildman–Crippen MR) is 118 cm³/mol. The Morgan fingerprint density at radius 1 is 1.13 bits per heavy atom. The van der Waals surface area contributed by atoms with Crippen molar-refractivity contribution in [2.45, 2.75) is 25.8 Å². The summed E-state index contributed by atoms with van der Waals surface area (Å²) in [6.45, 7) is 2.60. The molecule has 1 atom stereocenters. The maximum Gasteiger partial charge on any atom is 0.322 e. The van der Waals surface area contributed by atoms with Crippen LogP contribution in [0.2, 0.25) is 0 Å². The number of oxazole rings is 1. The average Bonchev–Trinajstić information content (AvgIpc) is 3.42. The number of aryl methyl sites for hydroxylation is 1. The molecule has 0 spiro atoms. The zero-order valence-electron chi connectivity index (χ0n) is 17.1. The number of carbonyl (C=O) groups is 1. The number of fused-ring (bicyclic) bond motifs is 1. The quantitative estimate of drug-likeness (QED) is 0.426. The molecule has 1 unspecified atom stereocenters. The number of anilines is 1. The summed E-state index contributed by atoms with van der Waals surface area (Å²) in [5.74, 6) is 0.235. The van der Waals surface area contributed by atoms with Gasteiger partial charge in [-0.2, -0.15) is 0 Å². The lowest BCUT2D eigenvalue weighted by Crippen LogP contribution is -2.34. The molecular weight excluding hydrogens is 393 g/mol. The summed E-state index contributed by atoms with van der Waals surface area (Å²) in [4.78, 5) is 19.4. The van der Waals surface area contributed by atoms with Crippen molar-refractivity contribution in [3.05, 3.63) is 84.0 Å². The molecular formula is C25H22FN3O2. The summed E-state index contributed by atoms with van der Waals surface area (Å²) in [5, 5.41) is 3.00. The molecule has 0 bridgehead atoms. The van der Waals surface area contributed by atoms with E-state index in [4.69, 9.17) is 4.42 Å². The molecule has 2 amide bonds. The van der Waals surface area contributed by atoms with E-state index in [2.05, 4.69) is 10.3 Å². The van der Waals surface area contributed by atoms with Crippen LogP contribution in [0.1, 0.15) is 30.3 Å². The number of rotatable bonds is 3. The highest BCUT2D eigenvalue weighted by Crippen LogP contribution is 2.35. The summed E-state index contributed by atoms with van der Waals surface area (Å²) >= 11 is 0. The Morgan fingerprint density at radius 2 is 1.94 bits per heavy atom. The van der Waals surface area contributed by atoms with Crippen molar-refractivity contribution in [3.8, 4) is 11.1 Å². The first-order chi connectivity index (χ1) is 15.1. The van der Waals surface area contributed by atoms with Crippen LogP contribution < -0.4 is 5.32 Å². The van der Waals surface area contributed by atoms with Gasteiger partial charge in [0.05, 0.1) is 0 Å². The number of urea groups is 1. The minimum absolute atomic E-state index is 0.161. The molecule has 4 aromatic rings. The van der Waals surface area contributed by atoms with Crippen LogP contribution in [-0.2, 0) is 0 Å². The third kappa shape index (κ3) is 3.65. The first kappa shape index (κ1) is 19.3. The molecule has 1 fully saturated rings. The Hall–Kier alpha value is -3.67. The topological polar surface area (TPSA) is 58.4 Å². The lowest BCUT2D eigenvalue weighted by molar-refractivity contribution is 0.199. The zero-order valence-corrected chi connectivity index (χ0v) is 17.1. The van der Waals surface area contributed by atoms with E-state index >= 15 is 0 Å². The van der Waals surface area contributed by atoms with Gasteiger partial charge in [0, 0.05) is 17.8 Å². The molecule has 31 heavy (non-hydrogen) atoms. The third-order valence-electron chi connectivity index (χ3n) is 5.77. The lowest BCUT2D eigenvalue weighted by atomic mass is 10.0. The number of carbonyl (C=O) groups excluding carboxylic acids is 1. The van der Waals surface area contributed by atoms with Gasteiger partial charge in [0.25, 0.3) is 0 Å². The smallest absolute Gasteiger partial charge is 0.322 e. The molecule has 5 rings (SSSR count). The van der Waals surface area contributed by atoms with Gasteiger partial charge >= 0.3 is 6.03 Å². The fraction of sp³-hybridized carbons (Fsp3) is 0.200. The molecule has 5 nitrogen and oxygen atoms in total. The van der Waals surface area contributed by atoms with Crippen LogP contribution >= 0.6 is 0 Å². The summed E-state index contributed by atoms with van der Waals surface area (Å²) < 4.78 is 20.2. The van der Waals surface area contributed by atoms with Crippen LogP contribution in [0.3, 0.4) is 0 Å². The SMILES string of the molecule is Cc1ccccc1NC(=O)N1CCCC1c1nc2cc(-c3ccccc3F)ccc2o1. The minimum atomic E-state index is -0.277. The minimum Gasteiger partial charge on any atom is -0.438 e. The Kier molecular flexibility index (Phi) is 4.90. The molecule has 1 aliphatic heterocycles. The van der Waals surface area contributed by atoms with Gasteiger partial charge in [0.15, 0.2) is 5.58 Å². The Morgan fingerprint density at radius 3 is 2.77 bits per heavy atom.